The fourth-order valence-corrected chi connectivity index (χ4v) is 3.30. The van der Waals surface area contributed by atoms with Crippen LogP contribution >= 0.6 is 23.2 Å². The molecule has 0 spiro atoms. The van der Waals surface area contributed by atoms with Crippen molar-refractivity contribution in [3.63, 3.8) is 0 Å². The summed E-state index contributed by atoms with van der Waals surface area (Å²) in [6.45, 7) is 6.18. The molecule has 6 heteroatoms. The number of halogens is 2. The second-order valence-corrected chi connectivity index (χ2v) is 6.84. The van der Waals surface area contributed by atoms with Gasteiger partial charge in [-0.3, -0.25) is 9.59 Å². The molecule has 0 aliphatic rings. The maximum absolute atomic E-state index is 12.7. The molecule has 0 aliphatic heterocycles. The number of aryl methyl sites for hydroxylation is 1. The molecule has 0 fully saturated rings. The van der Waals surface area contributed by atoms with Gasteiger partial charge in [0.2, 0.25) is 11.8 Å². The lowest BCUT2D eigenvalue weighted by atomic mass is 10.2. The summed E-state index contributed by atoms with van der Waals surface area (Å²) in [5, 5.41) is 0.876. The standard InChI is InChI=1S/C20H22Cl2N2O2/c1-4-23(17-7-5-6-14(2)12-17)20(26)10-11-24(15(3)25)19-9-8-16(21)13-18(19)22/h5-9,12-13H,4,10-11H2,1-3H3. The molecule has 0 radical (unpaired) electrons. The molecular formula is C20H22Cl2N2O2. The van der Waals surface area contributed by atoms with Crippen molar-refractivity contribution < 1.29 is 9.59 Å². The van der Waals surface area contributed by atoms with Gasteiger partial charge in [0.05, 0.1) is 10.7 Å². The van der Waals surface area contributed by atoms with Gasteiger partial charge in [-0.05, 0) is 49.7 Å². The number of benzene rings is 2. The van der Waals surface area contributed by atoms with E-state index in [1.54, 1.807) is 23.1 Å². The number of rotatable bonds is 6. The highest BCUT2D eigenvalue weighted by atomic mass is 35.5. The lowest BCUT2D eigenvalue weighted by Gasteiger charge is -2.25. The topological polar surface area (TPSA) is 40.6 Å². The summed E-state index contributed by atoms with van der Waals surface area (Å²) < 4.78 is 0. The van der Waals surface area contributed by atoms with Crippen molar-refractivity contribution in [2.24, 2.45) is 0 Å². The van der Waals surface area contributed by atoms with E-state index in [2.05, 4.69) is 0 Å². The largest absolute Gasteiger partial charge is 0.313 e. The zero-order chi connectivity index (χ0) is 19.3. The van der Waals surface area contributed by atoms with E-state index in [-0.39, 0.29) is 24.8 Å². The Morgan fingerprint density at radius 2 is 1.77 bits per heavy atom. The molecule has 0 saturated heterocycles. The average molecular weight is 393 g/mol. The molecule has 0 saturated carbocycles. The number of hydrogen-bond donors (Lipinski definition) is 0. The Balaban J connectivity index is 2.15. The molecule has 0 bridgehead atoms. The number of amides is 2. The third kappa shape index (κ3) is 4.99. The van der Waals surface area contributed by atoms with Crippen LogP contribution in [0.1, 0.15) is 25.8 Å². The molecule has 0 aliphatic carbocycles. The Morgan fingerprint density at radius 1 is 1.04 bits per heavy atom. The third-order valence-corrected chi connectivity index (χ3v) is 4.60. The van der Waals surface area contributed by atoms with Crippen LogP contribution in [0.15, 0.2) is 42.5 Å². The Morgan fingerprint density at radius 3 is 2.35 bits per heavy atom. The van der Waals surface area contributed by atoms with Crippen LogP contribution in [0.4, 0.5) is 11.4 Å². The molecule has 2 aromatic carbocycles. The summed E-state index contributed by atoms with van der Waals surface area (Å²) in [4.78, 5) is 28.0. The van der Waals surface area contributed by atoms with E-state index in [0.717, 1.165) is 11.3 Å². The number of nitrogens with zero attached hydrogens (tertiary/aromatic N) is 2. The van der Waals surface area contributed by atoms with Gasteiger partial charge < -0.3 is 9.80 Å². The quantitative estimate of drug-likeness (QED) is 0.685. The highest BCUT2D eigenvalue weighted by molar-refractivity contribution is 6.36. The number of carbonyl (C=O) groups is 2. The van der Waals surface area contributed by atoms with Crippen LogP contribution in [0.5, 0.6) is 0 Å². The summed E-state index contributed by atoms with van der Waals surface area (Å²) in [6, 6.07) is 12.7. The van der Waals surface area contributed by atoms with Gasteiger partial charge in [-0.25, -0.2) is 0 Å². The summed E-state index contributed by atoms with van der Waals surface area (Å²) >= 11 is 12.1. The summed E-state index contributed by atoms with van der Waals surface area (Å²) in [6.07, 6.45) is 0.195. The molecule has 0 heterocycles. The molecule has 0 atom stereocenters. The predicted octanol–water partition coefficient (Wildman–Crippen LogP) is 5.10. The Hall–Kier alpha value is -2.04. The molecular weight excluding hydrogens is 371 g/mol. The minimum atomic E-state index is -0.180. The van der Waals surface area contributed by atoms with Gasteiger partial charge in [-0.15, -0.1) is 0 Å². The van der Waals surface area contributed by atoms with E-state index in [1.807, 2.05) is 38.1 Å². The lowest BCUT2D eigenvalue weighted by Crippen LogP contribution is -2.36. The van der Waals surface area contributed by atoms with Gasteiger partial charge >= 0.3 is 0 Å². The summed E-state index contributed by atoms with van der Waals surface area (Å²) in [7, 11) is 0. The molecule has 26 heavy (non-hydrogen) atoms. The van der Waals surface area contributed by atoms with E-state index < -0.39 is 0 Å². The number of carbonyl (C=O) groups excluding carboxylic acids is 2. The fourth-order valence-electron chi connectivity index (χ4n) is 2.79. The van der Waals surface area contributed by atoms with Gasteiger partial charge in [0.25, 0.3) is 0 Å². The molecule has 2 rings (SSSR count). The predicted molar refractivity (Wildman–Crippen MR) is 108 cm³/mol. The summed E-state index contributed by atoms with van der Waals surface area (Å²) in [5.74, 6) is -0.227. The zero-order valence-electron chi connectivity index (χ0n) is 15.1. The molecule has 2 amide bonds. The van der Waals surface area contributed by atoms with E-state index in [0.29, 0.717) is 22.3 Å². The first kappa shape index (κ1) is 20.3. The fraction of sp³-hybridized carbons (Fsp3) is 0.300. The second kappa shape index (κ2) is 9.06. The molecule has 4 nitrogen and oxygen atoms in total. The van der Waals surface area contributed by atoms with Crippen LogP contribution in [0, 0.1) is 6.92 Å². The van der Waals surface area contributed by atoms with Crippen molar-refractivity contribution in [3.8, 4) is 0 Å². The number of hydrogen-bond acceptors (Lipinski definition) is 2. The molecule has 138 valence electrons. The van der Waals surface area contributed by atoms with Crippen LogP contribution in [0.25, 0.3) is 0 Å². The van der Waals surface area contributed by atoms with E-state index in [4.69, 9.17) is 23.2 Å². The van der Waals surface area contributed by atoms with Crippen LogP contribution in [0.3, 0.4) is 0 Å². The van der Waals surface area contributed by atoms with Crippen LogP contribution in [-0.4, -0.2) is 24.9 Å². The maximum atomic E-state index is 12.7. The minimum Gasteiger partial charge on any atom is -0.313 e. The van der Waals surface area contributed by atoms with Crippen LogP contribution < -0.4 is 9.80 Å². The second-order valence-electron chi connectivity index (χ2n) is 5.99. The van der Waals surface area contributed by atoms with Gasteiger partial charge in [0.1, 0.15) is 0 Å². The van der Waals surface area contributed by atoms with E-state index in [1.165, 1.54) is 11.8 Å². The third-order valence-electron chi connectivity index (χ3n) is 4.06. The first-order chi connectivity index (χ1) is 12.3. The maximum Gasteiger partial charge on any atom is 0.228 e. The van der Waals surface area contributed by atoms with Crippen molar-refractivity contribution in [3.05, 3.63) is 58.1 Å². The number of anilines is 2. The smallest absolute Gasteiger partial charge is 0.228 e. The molecule has 2 aromatic rings. The van der Waals surface area contributed by atoms with Crippen LogP contribution in [-0.2, 0) is 9.59 Å². The molecule has 0 unspecified atom stereocenters. The van der Waals surface area contributed by atoms with Crippen molar-refractivity contribution >= 4 is 46.4 Å². The Kier molecular flexibility index (Phi) is 7.06. The van der Waals surface area contributed by atoms with Gasteiger partial charge in [0, 0.05) is 37.1 Å². The highest BCUT2D eigenvalue weighted by Gasteiger charge is 2.19. The van der Waals surface area contributed by atoms with E-state index in [9.17, 15) is 9.59 Å². The van der Waals surface area contributed by atoms with Crippen molar-refractivity contribution in [1.82, 2.24) is 0 Å². The highest BCUT2D eigenvalue weighted by Crippen LogP contribution is 2.29. The van der Waals surface area contributed by atoms with Crippen molar-refractivity contribution in [2.45, 2.75) is 27.2 Å². The first-order valence-electron chi connectivity index (χ1n) is 8.43. The normalized spacial score (nSPS) is 10.5. The summed E-state index contributed by atoms with van der Waals surface area (Å²) in [5.41, 5.74) is 2.50. The van der Waals surface area contributed by atoms with Gasteiger partial charge in [-0.1, -0.05) is 35.3 Å². The Labute approximate surface area is 164 Å². The van der Waals surface area contributed by atoms with E-state index >= 15 is 0 Å². The average Bonchev–Trinajstić information content (AvgIpc) is 2.57. The van der Waals surface area contributed by atoms with Crippen molar-refractivity contribution in [1.29, 1.82) is 0 Å². The lowest BCUT2D eigenvalue weighted by molar-refractivity contribution is -0.118. The molecule has 0 aromatic heterocycles. The monoisotopic (exact) mass is 392 g/mol. The zero-order valence-corrected chi connectivity index (χ0v) is 16.6. The van der Waals surface area contributed by atoms with Crippen LogP contribution in [0.2, 0.25) is 10.0 Å². The minimum absolute atomic E-state index is 0.0468. The van der Waals surface area contributed by atoms with Gasteiger partial charge in [0.15, 0.2) is 0 Å². The first-order valence-corrected chi connectivity index (χ1v) is 9.19. The van der Waals surface area contributed by atoms with Crippen molar-refractivity contribution in [2.75, 3.05) is 22.9 Å². The molecule has 0 N–H and O–H groups in total. The SMILES string of the molecule is CCN(C(=O)CCN(C(C)=O)c1ccc(Cl)cc1Cl)c1cccc(C)c1. The van der Waals surface area contributed by atoms with Gasteiger partial charge in [-0.2, -0.15) is 0 Å². The Bertz CT molecular complexity index is 808.